The van der Waals surface area contributed by atoms with Crippen molar-refractivity contribution in [1.29, 1.82) is 0 Å². The van der Waals surface area contributed by atoms with Crippen molar-refractivity contribution in [2.75, 3.05) is 6.54 Å². The van der Waals surface area contributed by atoms with Crippen LogP contribution in [0.5, 0.6) is 0 Å². The Bertz CT molecular complexity index is 256. The van der Waals surface area contributed by atoms with Gasteiger partial charge in [-0.2, -0.15) is 0 Å². The van der Waals surface area contributed by atoms with Gasteiger partial charge in [-0.3, -0.25) is 0 Å². The Morgan fingerprint density at radius 3 is 2.53 bits per heavy atom. The summed E-state index contributed by atoms with van der Waals surface area (Å²) in [6.45, 7) is 8.18. The van der Waals surface area contributed by atoms with Gasteiger partial charge < -0.3 is 10.1 Å². The molecule has 0 aliphatic heterocycles. The molecule has 0 aromatic carbocycles. The minimum absolute atomic E-state index is 0.478. The SMILES string of the molecule is CCCNC1CCCCC1OC1CCC(C)C(C)C1. The zero-order chi connectivity index (χ0) is 13.7. The fraction of sp³-hybridized carbons (Fsp3) is 1.00. The summed E-state index contributed by atoms with van der Waals surface area (Å²) in [5.74, 6) is 1.73. The first-order valence-corrected chi connectivity index (χ1v) is 8.59. The zero-order valence-electron chi connectivity index (χ0n) is 13.2. The number of nitrogens with one attached hydrogen (secondary N) is 1. The van der Waals surface area contributed by atoms with Gasteiger partial charge in [0.05, 0.1) is 12.2 Å². The summed E-state index contributed by atoms with van der Waals surface area (Å²) < 4.78 is 6.50. The van der Waals surface area contributed by atoms with E-state index in [4.69, 9.17) is 4.74 Å². The second-order valence-corrected chi connectivity index (χ2v) is 6.91. The molecule has 112 valence electrons. The third-order valence-electron chi connectivity index (χ3n) is 5.28. The average Bonchev–Trinajstić information content (AvgIpc) is 2.42. The molecule has 0 aromatic rings. The number of hydrogen-bond donors (Lipinski definition) is 1. The summed E-state index contributed by atoms with van der Waals surface area (Å²) in [4.78, 5) is 0. The highest BCUT2D eigenvalue weighted by atomic mass is 16.5. The van der Waals surface area contributed by atoms with E-state index in [2.05, 4.69) is 26.1 Å². The molecule has 2 saturated carbocycles. The van der Waals surface area contributed by atoms with Gasteiger partial charge in [0.1, 0.15) is 0 Å². The Balaban J connectivity index is 1.81. The second-order valence-electron chi connectivity index (χ2n) is 6.91. The van der Waals surface area contributed by atoms with E-state index in [9.17, 15) is 0 Å². The third-order valence-corrected chi connectivity index (χ3v) is 5.28. The summed E-state index contributed by atoms with van der Waals surface area (Å²) in [5.41, 5.74) is 0. The van der Waals surface area contributed by atoms with E-state index in [0.29, 0.717) is 18.2 Å². The molecule has 0 spiro atoms. The van der Waals surface area contributed by atoms with E-state index in [-0.39, 0.29) is 0 Å². The van der Waals surface area contributed by atoms with Crippen molar-refractivity contribution in [3.63, 3.8) is 0 Å². The molecule has 0 amide bonds. The molecule has 0 radical (unpaired) electrons. The van der Waals surface area contributed by atoms with Gasteiger partial charge in [0, 0.05) is 6.04 Å². The quantitative estimate of drug-likeness (QED) is 0.808. The molecule has 0 aromatic heterocycles. The standard InChI is InChI=1S/C17H33NO/c1-4-11-18-16-7-5-6-8-17(16)19-15-10-9-13(2)14(3)12-15/h13-18H,4-12H2,1-3H3. The number of hydrogen-bond acceptors (Lipinski definition) is 2. The molecule has 1 N–H and O–H groups in total. The molecular weight excluding hydrogens is 234 g/mol. The van der Waals surface area contributed by atoms with E-state index < -0.39 is 0 Å². The molecule has 2 nitrogen and oxygen atoms in total. The van der Waals surface area contributed by atoms with Crippen LogP contribution in [0.2, 0.25) is 0 Å². The topological polar surface area (TPSA) is 21.3 Å². The lowest BCUT2D eigenvalue weighted by atomic mass is 9.80. The van der Waals surface area contributed by atoms with Crippen LogP contribution in [0.15, 0.2) is 0 Å². The van der Waals surface area contributed by atoms with Crippen molar-refractivity contribution < 1.29 is 4.74 Å². The highest BCUT2D eigenvalue weighted by molar-refractivity contribution is 4.84. The average molecular weight is 267 g/mol. The summed E-state index contributed by atoms with van der Waals surface area (Å²) >= 11 is 0. The third kappa shape index (κ3) is 4.46. The zero-order valence-corrected chi connectivity index (χ0v) is 13.2. The van der Waals surface area contributed by atoms with Crippen LogP contribution in [0.3, 0.4) is 0 Å². The summed E-state index contributed by atoms with van der Waals surface area (Å²) in [7, 11) is 0. The van der Waals surface area contributed by atoms with Gasteiger partial charge in [-0.1, -0.05) is 33.6 Å². The Labute approximate surface area is 119 Å². The van der Waals surface area contributed by atoms with E-state index >= 15 is 0 Å². The molecule has 2 fully saturated rings. The van der Waals surface area contributed by atoms with Crippen molar-refractivity contribution in [1.82, 2.24) is 5.32 Å². The molecular formula is C17H33NO. The maximum Gasteiger partial charge on any atom is 0.0731 e. The van der Waals surface area contributed by atoms with Crippen LogP contribution < -0.4 is 5.32 Å². The van der Waals surface area contributed by atoms with Gasteiger partial charge in [0.15, 0.2) is 0 Å². The number of ether oxygens (including phenoxy) is 1. The largest absolute Gasteiger partial charge is 0.373 e. The molecule has 2 rings (SSSR count). The Hall–Kier alpha value is -0.0800. The van der Waals surface area contributed by atoms with Gasteiger partial charge in [-0.15, -0.1) is 0 Å². The highest BCUT2D eigenvalue weighted by Crippen LogP contribution is 2.33. The predicted octanol–water partition coefficient (Wildman–Crippen LogP) is 4.14. The fourth-order valence-corrected chi connectivity index (χ4v) is 3.69. The van der Waals surface area contributed by atoms with Gasteiger partial charge in [0.25, 0.3) is 0 Å². The van der Waals surface area contributed by atoms with Gasteiger partial charge in [-0.25, -0.2) is 0 Å². The van der Waals surface area contributed by atoms with Gasteiger partial charge in [-0.05, 0) is 56.9 Å². The Morgan fingerprint density at radius 2 is 1.79 bits per heavy atom. The molecule has 2 heteroatoms. The predicted molar refractivity (Wildman–Crippen MR) is 81.4 cm³/mol. The lowest BCUT2D eigenvalue weighted by Gasteiger charge is -2.38. The first-order valence-electron chi connectivity index (χ1n) is 8.59. The van der Waals surface area contributed by atoms with Crippen LogP contribution in [0.1, 0.15) is 72.1 Å². The van der Waals surface area contributed by atoms with Crippen LogP contribution in [0.25, 0.3) is 0 Å². The smallest absolute Gasteiger partial charge is 0.0731 e. The highest BCUT2D eigenvalue weighted by Gasteiger charge is 2.31. The summed E-state index contributed by atoms with van der Waals surface area (Å²) in [6, 6.07) is 0.614. The Kier molecular flexibility index (Phi) is 6.15. The molecule has 5 unspecified atom stereocenters. The maximum atomic E-state index is 6.50. The second kappa shape index (κ2) is 7.64. The Morgan fingerprint density at radius 1 is 1.00 bits per heavy atom. The van der Waals surface area contributed by atoms with E-state index in [0.717, 1.165) is 18.4 Å². The molecule has 2 aliphatic rings. The molecule has 0 saturated heterocycles. The molecule has 0 bridgehead atoms. The van der Waals surface area contributed by atoms with Crippen molar-refractivity contribution in [2.24, 2.45) is 11.8 Å². The van der Waals surface area contributed by atoms with Gasteiger partial charge in [0.2, 0.25) is 0 Å². The minimum atomic E-state index is 0.478. The molecule has 5 atom stereocenters. The normalized spacial score (nSPS) is 40.3. The maximum absolute atomic E-state index is 6.50. The van der Waals surface area contributed by atoms with Crippen LogP contribution in [0.4, 0.5) is 0 Å². The molecule has 2 aliphatic carbocycles. The van der Waals surface area contributed by atoms with Crippen LogP contribution >= 0.6 is 0 Å². The lowest BCUT2D eigenvalue weighted by Crippen LogP contribution is -2.46. The van der Waals surface area contributed by atoms with Crippen LogP contribution in [-0.2, 0) is 4.74 Å². The van der Waals surface area contributed by atoms with Crippen LogP contribution in [-0.4, -0.2) is 24.8 Å². The first kappa shape index (κ1) is 15.3. The monoisotopic (exact) mass is 267 g/mol. The summed E-state index contributed by atoms with van der Waals surface area (Å²) in [5, 5.41) is 3.71. The molecule has 19 heavy (non-hydrogen) atoms. The fourth-order valence-electron chi connectivity index (χ4n) is 3.69. The van der Waals surface area contributed by atoms with Crippen molar-refractivity contribution in [2.45, 2.75) is 90.4 Å². The van der Waals surface area contributed by atoms with E-state index in [1.54, 1.807) is 0 Å². The van der Waals surface area contributed by atoms with Crippen molar-refractivity contribution in [3.05, 3.63) is 0 Å². The lowest BCUT2D eigenvalue weighted by molar-refractivity contribution is -0.0733. The van der Waals surface area contributed by atoms with E-state index in [1.165, 1.54) is 51.4 Å². The van der Waals surface area contributed by atoms with Crippen molar-refractivity contribution in [3.8, 4) is 0 Å². The number of rotatable bonds is 5. The minimum Gasteiger partial charge on any atom is -0.373 e. The van der Waals surface area contributed by atoms with Crippen LogP contribution in [0, 0.1) is 11.8 Å². The molecule has 0 heterocycles. The van der Waals surface area contributed by atoms with Crippen molar-refractivity contribution >= 4 is 0 Å². The summed E-state index contributed by atoms with van der Waals surface area (Å²) in [6.07, 6.45) is 11.4. The van der Waals surface area contributed by atoms with E-state index in [1.807, 2.05) is 0 Å². The van der Waals surface area contributed by atoms with Gasteiger partial charge >= 0.3 is 0 Å². The first-order chi connectivity index (χ1) is 9.20.